The van der Waals surface area contributed by atoms with E-state index >= 15 is 0 Å². The second-order valence-electron chi connectivity index (χ2n) is 3.79. The Morgan fingerprint density at radius 1 is 1.54 bits per heavy atom. The smallest absolute Gasteiger partial charge is 0.306 e. The highest BCUT2D eigenvalue weighted by molar-refractivity contribution is 5.69. The van der Waals surface area contributed by atoms with Gasteiger partial charge in [0, 0.05) is 12.5 Å². The fraction of sp³-hybridized carbons (Fsp3) is 0.900. The van der Waals surface area contributed by atoms with Crippen LogP contribution in [0.2, 0.25) is 0 Å². The number of rotatable bonds is 3. The molecular formula is C10H19NO2. The normalized spacial score (nSPS) is 28.5. The van der Waals surface area contributed by atoms with Crippen molar-refractivity contribution < 1.29 is 9.53 Å². The van der Waals surface area contributed by atoms with Gasteiger partial charge in [-0.3, -0.25) is 4.79 Å². The van der Waals surface area contributed by atoms with Crippen LogP contribution in [0.4, 0.5) is 0 Å². The van der Waals surface area contributed by atoms with Crippen molar-refractivity contribution in [3.8, 4) is 0 Å². The van der Waals surface area contributed by atoms with Crippen molar-refractivity contribution in [1.82, 2.24) is 0 Å². The topological polar surface area (TPSA) is 52.3 Å². The Kier molecular flexibility index (Phi) is 4.22. The summed E-state index contributed by atoms with van der Waals surface area (Å²) in [5.41, 5.74) is 5.78. The molecule has 3 nitrogen and oxygen atoms in total. The van der Waals surface area contributed by atoms with Crippen LogP contribution in [0.25, 0.3) is 0 Å². The van der Waals surface area contributed by atoms with Crippen molar-refractivity contribution in [3.05, 3.63) is 0 Å². The molecule has 0 saturated heterocycles. The second-order valence-corrected chi connectivity index (χ2v) is 3.79. The maximum Gasteiger partial charge on any atom is 0.306 e. The molecule has 76 valence electrons. The number of hydrogen-bond donors (Lipinski definition) is 1. The first-order chi connectivity index (χ1) is 6.22. The Labute approximate surface area is 79.6 Å². The molecule has 0 amide bonds. The SMILES string of the molecule is CCCC(=O)OC1CCC[C@@H](N)C1. The molecule has 0 spiro atoms. The summed E-state index contributed by atoms with van der Waals surface area (Å²) in [5.74, 6) is -0.0680. The van der Waals surface area contributed by atoms with E-state index in [0.29, 0.717) is 6.42 Å². The van der Waals surface area contributed by atoms with Crippen LogP contribution < -0.4 is 5.73 Å². The minimum absolute atomic E-state index is 0.0680. The molecular weight excluding hydrogens is 166 g/mol. The third kappa shape index (κ3) is 3.77. The van der Waals surface area contributed by atoms with Crippen molar-refractivity contribution in [2.75, 3.05) is 0 Å². The molecule has 1 unspecified atom stereocenters. The van der Waals surface area contributed by atoms with Crippen LogP contribution in [0.15, 0.2) is 0 Å². The fourth-order valence-corrected chi connectivity index (χ4v) is 1.74. The van der Waals surface area contributed by atoms with Crippen molar-refractivity contribution in [3.63, 3.8) is 0 Å². The lowest BCUT2D eigenvalue weighted by atomic mass is 9.93. The van der Waals surface area contributed by atoms with E-state index in [1.54, 1.807) is 0 Å². The van der Waals surface area contributed by atoms with E-state index in [4.69, 9.17) is 10.5 Å². The highest BCUT2D eigenvalue weighted by atomic mass is 16.5. The van der Waals surface area contributed by atoms with Crippen molar-refractivity contribution in [2.45, 2.75) is 57.6 Å². The van der Waals surface area contributed by atoms with Crippen molar-refractivity contribution in [2.24, 2.45) is 5.73 Å². The third-order valence-electron chi connectivity index (χ3n) is 2.42. The maximum absolute atomic E-state index is 11.2. The van der Waals surface area contributed by atoms with Gasteiger partial charge in [0.15, 0.2) is 0 Å². The Bertz CT molecular complexity index is 170. The molecule has 1 saturated carbocycles. The van der Waals surface area contributed by atoms with Gasteiger partial charge in [0.2, 0.25) is 0 Å². The van der Waals surface area contributed by atoms with Gasteiger partial charge in [-0.25, -0.2) is 0 Å². The van der Waals surface area contributed by atoms with Gasteiger partial charge < -0.3 is 10.5 Å². The lowest BCUT2D eigenvalue weighted by Crippen LogP contribution is -2.33. The van der Waals surface area contributed by atoms with Gasteiger partial charge in [-0.1, -0.05) is 6.92 Å². The molecule has 3 heteroatoms. The first kappa shape index (κ1) is 10.5. The standard InChI is InChI=1S/C10H19NO2/c1-2-4-10(12)13-9-6-3-5-8(11)7-9/h8-9H,2-7,11H2,1H3/t8-,9?/m1/s1. The van der Waals surface area contributed by atoms with Gasteiger partial charge in [0.25, 0.3) is 0 Å². The van der Waals surface area contributed by atoms with E-state index in [1.807, 2.05) is 6.92 Å². The number of esters is 1. The molecule has 13 heavy (non-hydrogen) atoms. The average Bonchev–Trinajstić information content (AvgIpc) is 2.04. The minimum Gasteiger partial charge on any atom is -0.462 e. The molecule has 0 aromatic heterocycles. The number of ether oxygens (including phenoxy) is 1. The summed E-state index contributed by atoms with van der Waals surface area (Å²) in [7, 11) is 0. The van der Waals surface area contributed by atoms with Gasteiger partial charge in [-0.2, -0.15) is 0 Å². The minimum atomic E-state index is -0.0680. The Morgan fingerprint density at radius 2 is 2.31 bits per heavy atom. The molecule has 1 rings (SSSR count). The van der Waals surface area contributed by atoms with Gasteiger partial charge in [-0.05, 0) is 32.1 Å². The Hall–Kier alpha value is -0.570. The van der Waals surface area contributed by atoms with Gasteiger partial charge in [0.1, 0.15) is 6.10 Å². The van der Waals surface area contributed by atoms with Gasteiger partial charge in [0.05, 0.1) is 0 Å². The summed E-state index contributed by atoms with van der Waals surface area (Å²) >= 11 is 0. The van der Waals surface area contributed by atoms with E-state index in [-0.39, 0.29) is 18.1 Å². The molecule has 0 aromatic carbocycles. The lowest BCUT2D eigenvalue weighted by molar-refractivity contribution is -0.150. The van der Waals surface area contributed by atoms with Crippen LogP contribution in [0.3, 0.4) is 0 Å². The van der Waals surface area contributed by atoms with E-state index in [2.05, 4.69) is 0 Å². The average molecular weight is 185 g/mol. The summed E-state index contributed by atoms with van der Waals surface area (Å²) in [6.45, 7) is 1.98. The van der Waals surface area contributed by atoms with E-state index in [9.17, 15) is 4.79 Å². The first-order valence-electron chi connectivity index (χ1n) is 5.17. The monoisotopic (exact) mass is 185 g/mol. The van der Waals surface area contributed by atoms with E-state index in [1.165, 1.54) is 0 Å². The zero-order valence-electron chi connectivity index (χ0n) is 8.29. The van der Waals surface area contributed by atoms with Crippen LogP contribution in [-0.2, 0) is 9.53 Å². The molecule has 0 radical (unpaired) electrons. The predicted octanol–water partition coefficient (Wildman–Crippen LogP) is 1.60. The van der Waals surface area contributed by atoms with Crippen LogP contribution in [0, 0.1) is 0 Å². The maximum atomic E-state index is 11.2. The number of carbonyl (C=O) groups excluding carboxylic acids is 1. The van der Waals surface area contributed by atoms with Crippen molar-refractivity contribution in [1.29, 1.82) is 0 Å². The number of carbonyl (C=O) groups is 1. The van der Waals surface area contributed by atoms with Gasteiger partial charge in [-0.15, -0.1) is 0 Å². The summed E-state index contributed by atoms with van der Waals surface area (Å²) in [6.07, 6.45) is 5.47. The fourth-order valence-electron chi connectivity index (χ4n) is 1.74. The molecule has 2 atom stereocenters. The zero-order chi connectivity index (χ0) is 9.68. The van der Waals surface area contributed by atoms with Crippen LogP contribution in [-0.4, -0.2) is 18.1 Å². The summed E-state index contributed by atoms with van der Waals surface area (Å²) in [5, 5.41) is 0. The second kappa shape index (κ2) is 5.22. The largest absolute Gasteiger partial charge is 0.462 e. The van der Waals surface area contributed by atoms with Crippen LogP contribution in [0.5, 0.6) is 0 Å². The van der Waals surface area contributed by atoms with Crippen LogP contribution >= 0.6 is 0 Å². The number of nitrogens with two attached hydrogens (primary N) is 1. The van der Waals surface area contributed by atoms with Crippen molar-refractivity contribution >= 4 is 5.97 Å². The molecule has 2 N–H and O–H groups in total. The highest BCUT2D eigenvalue weighted by Gasteiger charge is 2.21. The summed E-state index contributed by atoms with van der Waals surface area (Å²) in [6, 6.07) is 0.230. The highest BCUT2D eigenvalue weighted by Crippen LogP contribution is 2.20. The lowest BCUT2D eigenvalue weighted by Gasteiger charge is -2.26. The van der Waals surface area contributed by atoms with Gasteiger partial charge >= 0.3 is 5.97 Å². The Morgan fingerprint density at radius 3 is 2.92 bits per heavy atom. The zero-order valence-corrected chi connectivity index (χ0v) is 8.29. The summed E-state index contributed by atoms with van der Waals surface area (Å²) in [4.78, 5) is 11.2. The van der Waals surface area contributed by atoms with E-state index in [0.717, 1.165) is 32.1 Å². The number of hydrogen-bond acceptors (Lipinski definition) is 3. The molecule has 1 fully saturated rings. The molecule has 0 heterocycles. The molecule has 0 aliphatic heterocycles. The molecule has 0 bridgehead atoms. The predicted molar refractivity (Wildman–Crippen MR) is 51.2 cm³/mol. The quantitative estimate of drug-likeness (QED) is 0.679. The third-order valence-corrected chi connectivity index (χ3v) is 2.42. The Balaban J connectivity index is 2.23. The molecule has 1 aliphatic rings. The summed E-state index contributed by atoms with van der Waals surface area (Å²) < 4.78 is 5.28. The molecule has 1 aliphatic carbocycles. The van der Waals surface area contributed by atoms with Crippen LogP contribution in [0.1, 0.15) is 45.4 Å². The molecule has 0 aromatic rings. The van der Waals surface area contributed by atoms with E-state index < -0.39 is 0 Å². The first-order valence-corrected chi connectivity index (χ1v) is 5.17.